The molecule has 0 saturated heterocycles. The van der Waals surface area contributed by atoms with Crippen LogP contribution in [0.15, 0.2) is 12.1 Å². The van der Waals surface area contributed by atoms with Gasteiger partial charge in [-0.3, -0.25) is 0 Å². The third-order valence-corrected chi connectivity index (χ3v) is 1.56. The van der Waals surface area contributed by atoms with E-state index in [4.69, 9.17) is 16.9 Å². The number of hydrogen-bond donors (Lipinski definition) is 0. The van der Waals surface area contributed by atoms with Crippen LogP contribution in [0.5, 0.6) is 5.75 Å². The Labute approximate surface area is 74.1 Å². The zero-order valence-electron chi connectivity index (χ0n) is 6.27. The number of halogens is 2. The van der Waals surface area contributed by atoms with E-state index in [0.717, 1.165) is 0 Å². The van der Waals surface area contributed by atoms with Crippen molar-refractivity contribution >= 4 is 11.6 Å². The lowest BCUT2D eigenvalue weighted by molar-refractivity contribution is 0.386. The normalized spacial score (nSPS) is 9.17. The molecule has 0 aliphatic heterocycles. The van der Waals surface area contributed by atoms with Crippen molar-refractivity contribution in [2.24, 2.45) is 0 Å². The number of hydrogen-bond acceptors (Lipinski definition) is 2. The summed E-state index contributed by atoms with van der Waals surface area (Å²) in [6.07, 6.45) is 0. The van der Waals surface area contributed by atoms with E-state index in [-0.39, 0.29) is 16.3 Å². The van der Waals surface area contributed by atoms with Gasteiger partial charge in [0.15, 0.2) is 11.6 Å². The summed E-state index contributed by atoms with van der Waals surface area (Å²) in [6.45, 7) is 0. The summed E-state index contributed by atoms with van der Waals surface area (Å²) in [5.41, 5.74) is -0.112. The highest BCUT2D eigenvalue weighted by Crippen LogP contribution is 2.24. The minimum atomic E-state index is -0.676. The van der Waals surface area contributed by atoms with Crippen molar-refractivity contribution in [3.05, 3.63) is 28.5 Å². The average Bonchev–Trinajstić information content (AvgIpc) is 2.08. The molecule has 0 fully saturated rings. The van der Waals surface area contributed by atoms with Gasteiger partial charge in [-0.05, 0) is 6.07 Å². The summed E-state index contributed by atoms with van der Waals surface area (Å²) >= 11 is 5.58. The van der Waals surface area contributed by atoms with Crippen LogP contribution in [0, 0.1) is 17.1 Å². The topological polar surface area (TPSA) is 33.0 Å². The zero-order chi connectivity index (χ0) is 9.14. The minimum absolute atomic E-state index is 0.0148. The Kier molecular flexibility index (Phi) is 2.51. The maximum absolute atomic E-state index is 13.0. The van der Waals surface area contributed by atoms with Gasteiger partial charge in [-0.2, -0.15) is 5.26 Å². The molecule has 12 heavy (non-hydrogen) atoms. The van der Waals surface area contributed by atoms with Crippen LogP contribution in [0.1, 0.15) is 5.56 Å². The molecule has 0 N–H and O–H groups in total. The summed E-state index contributed by atoms with van der Waals surface area (Å²) in [7, 11) is 1.32. The second kappa shape index (κ2) is 3.42. The molecule has 4 heteroatoms. The lowest BCUT2D eigenvalue weighted by Gasteiger charge is -2.02. The van der Waals surface area contributed by atoms with Crippen molar-refractivity contribution in [2.75, 3.05) is 7.11 Å². The van der Waals surface area contributed by atoms with Crippen LogP contribution in [0.3, 0.4) is 0 Å². The second-order valence-electron chi connectivity index (χ2n) is 2.08. The van der Waals surface area contributed by atoms with Crippen molar-refractivity contribution in [1.29, 1.82) is 5.26 Å². The fourth-order valence-electron chi connectivity index (χ4n) is 0.794. The number of nitriles is 1. The number of benzene rings is 1. The van der Waals surface area contributed by atoms with Crippen LogP contribution in [-0.4, -0.2) is 7.11 Å². The lowest BCUT2D eigenvalue weighted by Crippen LogP contribution is -1.91. The lowest BCUT2D eigenvalue weighted by atomic mass is 10.2. The first-order valence-electron chi connectivity index (χ1n) is 3.12. The van der Waals surface area contributed by atoms with E-state index >= 15 is 0 Å². The molecule has 0 radical (unpaired) electrons. The van der Waals surface area contributed by atoms with Gasteiger partial charge in [0, 0.05) is 11.1 Å². The fourth-order valence-corrected chi connectivity index (χ4v) is 1.00. The predicted molar refractivity (Wildman–Crippen MR) is 42.7 cm³/mol. The average molecular weight is 186 g/mol. The van der Waals surface area contributed by atoms with Crippen LogP contribution < -0.4 is 4.74 Å². The molecule has 62 valence electrons. The van der Waals surface area contributed by atoms with Gasteiger partial charge < -0.3 is 4.74 Å². The summed E-state index contributed by atoms with van der Waals surface area (Å²) in [5, 5.41) is 8.74. The van der Waals surface area contributed by atoms with E-state index in [1.54, 1.807) is 6.07 Å². The zero-order valence-corrected chi connectivity index (χ0v) is 7.02. The van der Waals surface area contributed by atoms with Crippen LogP contribution in [0.25, 0.3) is 0 Å². The Morgan fingerprint density at radius 3 is 2.75 bits per heavy atom. The number of rotatable bonds is 1. The van der Waals surface area contributed by atoms with Crippen LogP contribution >= 0.6 is 11.6 Å². The molecule has 0 atom stereocenters. The van der Waals surface area contributed by atoms with Gasteiger partial charge in [0.1, 0.15) is 6.07 Å². The SMILES string of the molecule is COc1cc(Cl)cc(C#N)c1F. The van der Waals surface area contributed by atoms with E-state index in [1.807, 2.05) is 0 Å². The first-order chi connectivity index (χ1) is 5.69. The molecule has 0 amide bonds. The minimum Gasteiger partial charge on any atom is -0.494 e. The molecule has 0 aromatic heterocycles. The molecule has 0 spiro atoms. The number of nitrogens with zero attached hydrogens (tertiary/aromatic N) is 1. The molecule has 1 rings (SSSR count). The van der Waals surface area contributed by atoms with E-state index in [2.05, 4.69) is 4.74 Å². The molecular weight excluding hydrogens is 181 g/mol. The first-order valence-corrected chi connectivity index (χ1v) is 3.50. The van der Waals surface area contributed by atoms with Gasteiger partial charge in [0.25, 0.3) is 0 Å². The number of methoxy groups -OCH3 is 1. The summed E-state index contributed by atoms with van der Waals surface area (Å²) < 4.78 is 17.7. The van der Waals surface area contributed by atoms with Gasteiger partial charge in [-0.15, -0.1) is 0 Å². The largest absolute Gasteiger partial charge is 0.494 e. The standard InChI is InChI=1S/C8H5ClFNO/c1-12-7-3-6(9)2-5(4-11)8(7)10/h2-3H,1H3. The molecule has 0 aliphatic carbocycles. The van der Waals surface area contributed by atoms with Crippen LogP contribution in [-0.2, 0) is 0 Å². The fraction of sp³-hybridized carbons (Fsp3) is 0.125. The second-order valence-corrected chi connectivity index (χ2v) is 2.52. The number of ether oxygens (including phenoxy) is 1. The van der Waals surface area contributed by atoms with Crippen molar-refractivity contribution in [3.8, 4) is 11.8 Å². The van der Waals surface area contributed by atoms with Gasteiger partial charge in [-0.25, -0.2) is 4.39 Å². The molecule has 0 saturated carbocycles. The Hall–Kier alpha value is -1.27. The quantitative estimate of drug-likeness (QED) is 0.673. The smallest absolute Gasteiger partial charge is 0.182 e. The van der Waals surface area contributed by atoms with E-state index in [9.17, 15) is 4.39 Å². The van der Waals surface area contributed by atoms with Gasteiger partial charge in [-0.1, -0.05) is 11.6 Å². The molecular formula is C8H5ClFNO. The van der Waals surface area contributed by atoms with Crippen molar-refractivity contribution in [2.45, 2.75) is 0 Å². The first kappa shape index (κ1) is 8.82. The Bertz CT molecular complexity index is 346. The highest BCUT2D eigenvalue weighted by molar-refractivity contribution is 6.30. The van der Waals surface area contributed by atoms with Gasteiger partial charge in [0.05, 0.1) is 12.7 Å². The molecule has 0 heterocycles. The molecule has 0 aliphatic rings. The Morgan fingerprint density at radius 1 is 1.58 bits per heavy atom. The van der Waals surface area contributed by atoms with Crippen molar-refractivity contribution in [1.82, 2.24) is 0 Å². The maximum Gasteiger partial charge on any atom is 0.182 e. The predicted octanol–water partition coefficient (Wildman–Crippen LogP) is 2.36. The van der Waals surface area contributed by atoms with Crippen molar-refractivity contribution in [3.63, 3.8) is 0 Å². The van der Waals surface area contributed by atoms with E-state index < -0.39 is 5.82 Å². The van der Waals surface area contributed by atoms with Crippen LogP contribution in [0.2, 0.25) is 5.02 Å². The highest BCUT2D eigenvalue weighted by atomic mass is 35.5. The summed E-state index contributed by atoms with van der Waals surface area (Å²) in [6, 6.07) is 4.24. The highest BCUT2D eigenvalue weighted by Gasteiger charge is 2.09. The molecule has 1 aromatic carbocycles. The molecule has 2 nitrogen and oxygen atoms in total. The Balaban J connectivity index is 3.34. The maximum atomic E-state index is 13.0. The summed E-state index contributed by atoms with van der Waals surface area (Å²) in [4.78, 5) is 0. The summed E-state index contributed by atoms with van der Waals surface area (Å²) in [5.74, 6) is -0.691. The third-order valence-electron chi connectivity index (χ3n) is 1.34. The molecule has 0 bridgehead atoms. The monoisotopic (exact) mass is 185 g/mol. The molecule has 1 aromatic rings. The van der Waals surface area contributed by atoms with Crippen molar-refractivity contribution < 1.29 is 9.13 Å². The van der Waals surface area contributed by atoms with E-state index in [1.165, 1.54) is 19.2 Å². The molecule has 0 unspecified atom stereocenters. The third kappa shape index (κ3) is 1.49. The van der Waals surface area contributed by atoms with E-state index in [0.29, 0.717) is 0 Å². The van der Waals surface area contributed by atoms with Crippen LogP contribution in [0.4, 0.5) is 4.39 Å². The van der Waals surface area contributed by atoms with Gasteiger partial charge >= 0.3 is 0 Å². The van der Waals surface area contributed by atoms with Gasteiger partial charge in [0.2, 0.25) is 0 Å². The Morgan fingerprint density at radius 2 is 2.25 bits per heavy atom.